The van der Waals surface area contributed by atoms with E-state index in [1.54, 1.807) is 45.0 Å². The third-order valence-electron chi connectivity index (χ3n) is 5.33. The van der Waals surface area contributed by atoms with Gasteiger partial charge in [-0.3, -0.25) is 9.20 Å². The molecular formula is C20H20ClFN4O2S2. The summed E-state index contributed by atoms with van der Waals surface area (Å²) < 4.78 is 33.0. The van der Waals surface area contributed by atoms with Crippen LogP contribution in [0.15, 0.2) is 39.7 Å². The van der Waals surface area contributed by atoms with Crippen LogP contribution in [0.3, 0.4) is 0 Å². The number of hydrogen-bond donors (Lipinski definition) is 1. The molecule has 2 aromatic heterocycles. The van der Waals surface area contributed by atoms with Crippen LogP contribution in [0.2, 0.25) is 5.02 Å². The Morgan fingerprint density at radius 2 is 1.87 bits per heavy atom. The molecule has 0 spiro atoms. The van der Waals surface area contributed by atoms with Crippen LogP contribution in [0, 0.1) is 5.82 Å². The molecule has 0 aliphatic carbocycles. The Labute approximate surface area is 183 Å². The van der Waals surface area contributed by atoms with Crippen molar-refractivity contribution >= 4 is 44.2 Å². The minimum absolute atomic E-state index is 0.0877. The van der Waals surface area contributed by atoms with Crippen molar-refractivity contribution in [2.45, 2.75) is 31.1 Å². The number of aromatic nitrogens is 2. The zero-order chi connectivity index (χ0) is 21.9. The zero-order valence-electron chi connectivity index (χ0n) is 16.6. The maximum Gasteiger partial charge on any atom is 0.258 e. The molecule has 1 aliphatic heterocycles. The van der Waals surface area contributed by atoms with Crippen LogP contribution in [0.25, 0.3) is 22.2 Å². The summed E-state index contributed by atoms with van der Waals surface area (Å²) in [6.45, 7) is 5.20. The number of halogens is 2. The first-order valence-electron chi connectivity index (χ1n) is 9.03. The van der Waals surface area contributed by atoms with Gasteiger partial charge in [0.15, 0.2) is 0 Å². The lowest BCUT2D eigenvalue weighted by molar-refractivity contribution is 0.506. The van der Waals surface area contributed by atoms with Crippen LogP contribution in [0.5, 0.6) is 0 Å². The molecule has 6 nitrogen and oxygen atoms in total. The normalized spacial score (nSPS) is 25.8. The van der Waals surface area contributed by atoms with Gasteiger partial charge in [0.25, 0.3) is 5.89 Å². The van der Waals surface area contributed by atoms with Gasteiger partial charge in [0.05, 0.1) is 14.5 Å². The van der Waals surface area contributed by atoms with Gasteiger partial charge in [-0.05, 0) is 66.5 Å². The monoisotopic (exact) mass is 466 g/mol. The molecule has 0 saturated heterocycles. The zero-order valence-corrected chi connectivity index (χ0v) is 19.0. The van der Waals surface area contributed by atoms with E-state index in [2.05, 4.69) is 21.1 Å². The van der Waals surface area contributed by atoms with Gasteiger partial charge >= 0.3 is 0 Å². The van der Waals surface area contributed by atoms with E-state index in [0.29, 0.717) is 26.2 Å². The SMILES string of the molecule is C=S1(=O)C[C@@](C)(c2sc(-c3nnc(-c4ccc(Cl)cc4)o3)cc2F)N=C(N)C1(C)C. The van der Waals surface area contributed by atoms with E-state index in [-0.39, 0.29) is 17.5 Å². The average Bonchev–Trinajstić information content (AvgIpc) is 3.27. The number of amidine groups is 1. The summed E-state index contributed by atoms with van der Waals surface area (Å²) in [4.78, 5) is 5.28. The predicted molar refractivity (Wildman–Crippen MR) is 121 cm³/mol. The van der Waals surface area contributed by atoms with Crippen molar-refractivity contribution in [1.29, 1.82) is 0 Å². The van der Waals surface area contributed by atoms with Crippen molar-refractivity contribution in [1.82, 2.24) is 10.2 Å². The Morgan fingerprint density at radius 1 is 1.23 bits per heavy atom. The van der Waals surface area contributed by atoms with Gasteiger partial charge in [-0.15, -0.1) is 21.5 Å². The molecule has 0 amide bonds. The number of hydrogen-bond acceptors (Lipinski definition) is 7. The van der Waals surface area contributed by atoms with Crippen LogP contribution in [-0.2, 0) is 15.1 Å². The highest BCUT2D eigenvalue weighted by Crippen LogP contribution is 2.43. The second-order valence-corrected chi connectivity index (χ2v) is 12.4. The van der Waals surface area contributed by atoms with Gasteiger partial charge in [0.2, 0.25) is 5.89 Å². The smallest absolute Gasteiger partial charge is 0.258 e. The Morgan fingerprint density at radius 3 is 2.50 bits per heavy atom. The summed E-state index contributed by atoms with van der Waals surface area (Å²) in [7, 11) is -2.65. The summed E-state index contributed by atoms with van der Waals surface area (Å²) >= 11 is 7.03. The minimum Gasteiger partial charge on any atom is -0.415 e. The van der Waals surface area contributed by atoms with Crippen molar-refractivity contribution in [2.24, 2.45) is 10.7 Å². The third-order valence-corrected chi connectivity index (χ3v) is 10.0. The molecule has 0 saturated carbocycles. The molecule has 0 radical (unpaired) electrons. The molecule has 2 atom stereocenters. The van der Waals surface area contributed by atoms with Crippen molar-refractivity contribution in [3.05, 3.63) is 46.0 Å². The molecule has 0 bridgehead atoms. The fraction of sp³-hybridized carbons (Fsp3) is 0.300. The largest absolute Gasteiger partial charge is 0.415 e. The Hall–Kier alpha value is -2.23. The van der Waals surface area contributed by atoms with E-state index in [4.69, 9.17) is 21.8 Å². The summed E-state index contributed by atoms with van der Waals surface area (Å²) in [6.07, 6.45) is 0. The molecule has 0 fully saturated rings. The lowest BCUT2D eigenvalue weighted by atomic mass is 10.0. The molecule has 10 heteroatoms. The highest BCUT2D eigenvalue weighted by atomic mass is 35.5. The van der Waals surface area contributed by atoms with E-state index in [1.807, 2.05) is 0 Å². The van der Waals surface area contributed by atoms with Gasteiger partial charge in [-0.1, -0.05) is 11.6 Å². The molecule has 1 aromatic carbocycles. The van der Waals surface area contributed by atoms with Crippen LogP contribution >= 0.6 is 22.9 Å². The van der Waals surface area contributed by atoms with E-state index in [9.17, 15) is 8.60 Å². The first-order chi connectivity index (χ1) is 13.9. The molecule has 1 unspecified atom stereocenters. The van der Waals surface area contributed by atoms with Gasteiger partial charge in [0.1, 0.15) is 17.2 Å². The first kappa shape index (κ1) is 21.0. The second-order valence-electron chi connectivity index (χ2n) is 7.94. The fourth-order valence-electron chi connectivity index (χ4n) is 3.25. The standard InChI is InChI=1S/C20H20ClFN4O2S2/c1-19(2)18(23)24-20(3,10-30(19,4)27)15-13(22)9-14(29-15)17-26-25-16(28-17)11-5-7-12(21)8-6-11/h5-9H,4,10H2,1-3H3,(H2,23,24)/t20-,30?/m0/s1. The number of rotatable bonds is 3. The second kappa shape index (κ2) is 6.90. The molecule has 4 rings (SSSR count). The lowest BCUT2D eigenvalue weighted by Gasteiger charge is -2.40. The van der Waals surface area contributed by atoms with Crippen molar-refractivity contribution in [3.8, 4) is 22.2 Å². The van der Waals surface area contributed by atoms with E-state index < -0.39 is 25.6 Å². The number of thiophene rings is 1. The van der Waals surface area contributed by atoms with Gasteiger partial charge < -0.3 is 10.2 Å². The number of nitrogens with two attached hydrogens (primary N) is 1. The molecular weight excluding hydrogens is 447 g/mol. The quantitative estimate of drug-likeness (QED) is 0.579. The summed E-state index contributed by atoms with van der Waals surface area (Å²) in [5.74, 6) is 4.17. The van der Waals surface area contributed by atoms with Crippen molar-refractivity contribution < 1.29 is 13.0 Å². The average molecular weight is 467 g/mol. The van der Waals surface area contributed by atoms with Crippen LogP contribution in [-0.4, -0.2) is 36.6 Å². The highest BCUT2D eigenvalue weighted by molar-refractivity contribution is 8.02. The van der Waals surface area contributed by atoms with E-state index in [0.717, 1.165) is 11.3 Å². The van der Waals surface area contributed by atoms with Crippen molar-refractivity contribution in [2.75, 3.05) is 5.75 Å². The topological polar surface area (TPSA) is 94.4 Å². The summed E-state index contributed by atoms with van der Waals surface area (Å²) in [5.41, 5.74) is 5.72. The maximum absolute atomic E-state index is 15.0. The van der Waals surface area contributed by atoms with Crippen LogP contribution in [0.1, 0.15) is 25.6 Å². The third kappa shape index (κ3) is 3.34. The van der Waals surface area contributed by atoms with Crippen LogP contribution in [0.4, 0.5) is 4.39 Å². The molecule has 3 aromatic rings. The Balaban J connectivity index is 1.73. The maximum atomic E-state index is 15.0. The van der Waals surface area contributed by atoms with E-state index in [1.165, 1.54) is 6.07 Å². The van der Waals surface area contributed by atoms with Crippen molar-refractivity contribution in [3.63, 3.8) is 0 Å². The molecule has 2 N–H and O–H groups in total. The van der Waals surface area contributed by atoms with E-state index >= 15 is 0 Å². The lowest BCUT2D eigenvalue weighted by Crippen LogP contribution is -2.54. The molecule has 1 aliphatic rings. The van der Waals surface area contributed by atoms with Gasteiger partial charge in [-0.2, -0.15) is 0 Å². The minimum atomic E-state index is -2.65. The first-order valence-corrected chi connectivity index (χ1v) is 12.1. The Bertz CT molecular complexity index is 1260. The van der Waals surface area contributed by atoms with Gasteiger partial charge in [0, 0.05) is 16.3 Å². The predicted octanol–water partition coefficient (Wildman–Crippen LogP) is 4.34. The molecule has 3 heterocycles. The number of nitrogens with zero attached hydrogens (tertiary/aromatic N) is 3. The highest BCUT2D eigenvalue weighted by Gasteiger charge is 2.46. The number of benzene rings is 1. The Kier molecular flexibility index (Phi) is 4.83. The summed E-state index contributed by atoms with van der Waals surface area (Å²) in [6, 6.07) is 8.27. The summed E-state index contributed by atoms with van der Waals surface area (Å²) in [5, 5.41) is 8.67. The van der Waals surface area contributed by atoms with Gasteiger partial charge in [-0.25, -0.2) is 4.39 Å². The van der Waals surface area contributed by atoms with Crippen LogP contribution < -0.4 is 5.73 Å². The number of aliphatic imine (C=N–C) groups is 1. The molecule has 158 valence electrons. The molecule has 30 heavy (non-hydrogen) atoms. The fourth-order valence-corrected chi connectivity index (χ4v) is 6.42.